The summed E-state index contributed by atoms with van der Waals surface area (Å²) in [4.78, 5) is 23.8. The number of nitrogens with one attached hydrogen (secondary N) is 2. The molecule has 6 nitrogen and oxygen atoms in total. The van der Waals surface area contributed by atoms with Crippen LogP contribution < -0.4 is 10.0 Å². The number of Topliss-reactive ketones (excluding diaryl/α,β-unsaturated/α-hetero) is 1. The minimum absolute atomic E-state index is 0.0393. The zero-order valence-corrected chi connectivity index (χ0v) is 15.8. The molecule has 0 bridgehead atoms. The van der Waals surface area contributed by atoms with E-state index in [9.17, 15) is 18.0 Å². The average Bonchev–Trinajstić information content (AvgIpc) is 2.60. The summed E-state index contributed by atoms with van der Waals surface area (Å²) in [7, 11) is -3.94. The van der Waals surface area contributed by atoms with E-state index in [-0.39, 0.29) is 33.8 Å². The Hall–Kier alpha value is -2.67. The van der Waals surface area contributed by atoms with E-state index in [2.05, 4.69) is 10.0 Å². The van der Waals surface area contributed by atoms with Gasteiger partial charge < -0.3 is 5.32 Å². The van der Waals surface area contributed by atoms with Crippen molar-refractivity contribution >= 4 is 27.4 Å². The van der Waals surface area contributed by atoms with Crippen LogP contribution in [0, 0.1) is 5.92 Å². The van der Waals surface area contributed by atoms with Gasteiger partial charge in [-0.25, -0.2) is 8.42 Å². The van der Waals surface area contributed by atoms with E-state index in [0.29, 0.717) is 12.1 Å². The summed E-state index contributed by atoms with van der Waals surface area (Å²) in [5.74, 6) is -0.304. The third kappa shape index (κ3) is 4.92. The number of carbonyl (C=O) groups is 2. The van der Waals surface area contributed by atoms with Crippen LogP contribution in [0.3, 0.4) is 0 Å². The molecule has 2 aromatic carbocycles. The first-order valence-electron chi connectivity index (χ1n) is 8.22. The monoisotopic (exact) mass is 374 g/mol. The van der Waals surface area contributed by atoms with Crippen LogP contribution in [0.5, 0.6) is 0 Å². The van der Waals surface area contributed by atoms with Crippen LogP contribution in [0.4, 0.5) is 5.69 Å². The van der Waals surface area contributed by atoms with E-state index < -0.39 is 10.0 Å². The number of anilines is 1. The summed E-state index contributed by atoms with van der Waals surface area (Å²) >= 11 is 0. The molecule has 0 aromatic heterocycles. The van der Waals surface area contributed by atoms with Crippen LogP contribution in [0.15, 0.2) is 53.4 Å². The molecule has 0 spiro atoms. The molecule has 0 aliphatic carbocycles. The van der Waals surface area contributed by atoms with Crippen LogP contribution in [-0.2, 0) is 10.0 Å². The van der Waals surface area contributed by atoms with E-state index in [0.717, 1.165) is 0 Å². The van der Waals surface area contributed by atoms with Gasteiger partial charge in [-0.2, -0.15) is 0 Å². The maximum absolute atomic E-state index is 12.7. The highest BCUT2D eigenvalue weighted by Crippen LogP contribution is 2.21. The van der Waals surface area contributed by atoms with Gasteiger partial charge in [-0.3, -0.25) is 14.3 Å². The van der Waals surface area contributed by atoms with Crippen LogP contribution in [0.1, 0.15) is 41.5 Å². The molecule has 138 valence electrons. The summed E-state index contributed by atoms with van der Waals surface area (Å²) in [5, 5.41) is 2.77. The van der Waals surface area contributed by atoms with Crippen LogP contribution >= 0.6 is 0 Å². The van der Waals surface area contributed by atoms with Crippen LogP contribution in [-0.4, -0.2) is 26.7 Å². The Labute approximate surface area is 153 Å². The Bertz CT molecular complexity index is 921. The molecule has 0 radical (unpaired) electrons. The number of rotatable bonds is 7. The smallest absolute Gasteiger partial charge is 0.261 e. The van der Waals surface area contributed by atoms with Crippen molar-refractivity contribution in [1.29, 1.82) is 0 Å². The molecule has 0 saturated carbocycles. The van der Waals surface area contributed by atoms with Gasteiger partial charge in [0.05, 0.1) is 16.1 Å². The topological polar surface area (TPSA) is 92.3 Å². The summed E-state index contributed by atoms with van der Waals surface area (Å²) in [5.41, 5.74) is 0.720. The number of amides is 1. The standard InChI is InChI=1S/C19H22N2O4S/c1-13(2)12-20-19(23)17-9-4-5-10-18(17)21-26(24,25)16-8-6-7-15(11-16)14(3)22/h4-11,13,21H,12H2,1-3H3,(H,20,23). The Balaban J connectivity index is 2.31. The van der Waals surface area contributed by atoms with Gasteiger partial charge in [-0.1, -0.05) is 38.1 Å². The SMILES string of the molecule is CC(=O)c1cccc(S(=O)(=O)Nc2ccccc2C(=O)NCC(C)C)c1. The predicted octanol–water partition coefficient (Wildman–Crippen LogP) is 3.08. The fourth-order valence-corrected chi connectivity index (χ4v) is 3.37. The van der Waals surface area contributed by atoms with Gasteiger partial charge in [-0.05, 0) is 37.1 Å². The number of hydrogen-bond donors (Lipinski definition) is 2. The third-order valence-corrected chi connectivity index (χ3v) is 5.00. The van der Waals surface area contributed by atoms with Gasteiger partial charge in [-0.15, -0.1) is 0 Å². The molecule has 0 heterocycles. The second kappa shape index (κ2) is 8.14. The van der Waals surface area contributed by atoms with Crippen molar-refractivity contribution in [3.63, 3.8) is 0 Å². The van der Waals surface area contributed by atoms with Crippen molar-refractivity contribution in [2.45, 2.75) is 25.7 Å². The third-order valence-electron chi connectivity index (χ3n) is 3.64. The minimum Gasteiger partial charge on any atom is -0.352 e. The van der Waals surface area contributed by atoms with Crippen molar-refractivity contribution < 1.29 is 18.0 Å². The Morgan fingerprint density at radius 2 is 1.73 bits per heavy atom. The first-order chi connectivity index (χ1) is 12.2. The first kappa shape index (κ1) is 19.7. The van der Waals surface area contributed by atoms with Crippen LogP contribution in [0.25, 0.3) is 0 Å². The summed E-state index contributed by atoms with van der Waals surface area (Å²) < 4.78 is 27.8. The average molecular weight is 374 g/mol. The van der Waals surface area contributed by atoms with E-state index in [1.54, 1.807) is 24.3 Å². The molecule has 0 unspecified atom stereocenters. The Morgan fingerprint density at radius 1 is 1.04 bits per heavy atom. The summed E-state index contributed by atoms with van der Waals surface area (Å²) in [6, 6.07) is 12.2. The van der Waals surface area contributed by atoms with Crippen molar-refractivity contribution in [1.82, 2.24) is 5.32 Å². The van der Waals surface area contributed by atoms with E-state index in [1.807, 2.05) is 13.8 Å². The molecule has 7 heteroatoms. The molecule has 0 aliphatic rings. The van der Waals surface area contributed by atoms with Crippen molar-refractivity contribution in [3.05, 3.63) is 59.7 Å². The Kier molecular flexibility index (Phi) is 6.15. The lowest BCUT2D eigenvalue weighted by molar-refractivity contribution is 0.0949. The largest absolute Gasteiger partial charge is 0.352 e. The second-order valence-electron chi connectivity index (χ2n) is 6.34. The van der Waals surface area contributed by atoms with E-state index >= 15 is 0 Å². The van der Waals surface area contributed by atoms with Crippen molar-refractivity contribution in [2.24, 2.45) is 5.92 Å². The van der Waals surface area contributed by atoms with Crippen molar-refractivity contribution in [3.8, 4) is 0 Å². The number of hydrogen-bond acceptors (Lipinski definition) is 4. The normalized spacial score (nSPS) is 11.2. The predicted molar refractivity (Wildman–Crippen MR) is 101 cm³/mol. The molecule has 2 N–H and O–H groups in total. The van der Waals surface area contributed by atoms with Gasteiger partial charge in [0.2, 0.25) is 0 Å². The lowest BCUT2D eigenvalue weighted by atomic mass is 10.1. The molecule has 0 fully saturated rings. The highest BCUT2D eigenvalue weighted by atomic mass is 32.2. The first-order valence-corrected chi connectivity index (χ1v) is 9.70. The highest BCUT2D eigenvalue weighted by molar-refractivity contribution is 7.92. The lowest BCUT2D eigenvalue weighted by Gasteiger charge is -2.14. The number of ketones is 1. The van der Waals surface area contributed by atoms with Gasteiger partial charge >= 0.3 is 0 Å². The van der Waals surface area contributed by atoms with Gasteiger partial charge in [0.15, 0.2) is 5.78 Å². The molecule has 2 rings (SSSR count). The van der Waals surface area contributed by atoms with Gasteiger partial charge in [0.25, 0.3) is 15.9 Å². The second-order valence-corrected chi connectivity index (χ2v) is 8.02. The number of para-hydroxylation sites is 1. The zero-order valence-electron chi connectivity index (χ0n) is 14.9. The molecular formula is C19H22N2O4S. The number of sulfonamides is 1. The molecule has 26 heavy (non-hydrogen) atoms. The fourth-order valence-electron chi connectivity index (χ4n) is 2.25. The molecular weight excluding hydrogens is 352 g/mol. The van der Waals surface area contributed by atoms with E-state index in [1.165, 1.54) is 31.2 Å². The Morgan fingerprint density at radius 3 is 2.38 bits per heavy atom. The summed E-state index contributed by atoms with van der Waals surface area (Å²) in [6.07, 6.45) is 0. The molecule has 2 aromatic rings. The number of carbonyl (C=O) groups excluding carboxylic acids is 2. The molecule has 0 saturated heterocycles. The zero-order chi connectivity index (χ0) is 19.3. The number of benzene rings is 2. The fraction of sp³-hybridized carbons (Fsp3) is 0.263. The lowest BCUT2D eigenvalue weighted by Crippen LogP contribution is -2.28. The van der Waals surface area contributed by atoms with Gasteiger partial charge in [0, 0.05) is 12.1 Å². The quantitative estimate of drug-likeness (QED) is 0.729. The minimum atomic E-state index is -3.94. The maximum Gasteiger partial charge on any atom is 0.261 e. The molecule has 0 aliphatic heterocycles. The van der Waals surface area contributed by atoms with Crippen LogP contribution in [0.2, 0.25) is 0 Å². The summed E-state index contributed by atoms with van der Waals surface area (Å²) in [6.45, 7) is 5.79. The van der Waals surface area contributed by atoms with Crippen molar-refractivity contribution in [2.75, 3.05) is 11.3 Å². The molecule has 0 atom stereocenters. The van der Waals surface area contributed by atoms with Gasteiger partial charge in [0.1, 0.15) is 0 Å². The maximum atomic E-state index is 12.7. The molecule has 1 amide bonds. The van der Waals surface area contributed by atoms with E-state index in [4.69, 9.17) is 0 Å². The highest BCUT2D eigenvalue weighted by Gasteiger charge is 2.19.